The predicted molar refractivity (Wildman–Crippen MR) is 48.0 cm³/mol. The van der Waals surface area contributed by atoms with Crippen molar-refractivity contribution in [3.8, 4) is 0 Å². The molecule has 90 valence electrons. The maximum absolute atomic E-state index is 12.0. The van der Waals surface area contributed by atoms with Gasteiger partial charge >= 0.3 is 12.3 Å². The van der Waals surface area contributed by atoms with Crippen LogP contribution >= 0.6 is 0 Å². The van der Waals surface area contributed by atoms with Crippen LogP contribution in [-0.2, 0) is 4.74 Å². The van der Waals surface area contributed by atoms with Crippen molar-refractivity contribution in [2.24, 2.45) is 0 Å². The Labute approximate surface area is 86.1 Å². The van der Waals surface area contributed by atoms with Crippen LogP contribution in [0.4, 0.5) is 18.0 Å². The lowest BCUT2D eigenvalue weighted by molar-refractivity contribution is -0.153. The van der Waals surface area contributed by atoms with Gasteiger partial charge in [0.1, 0.15) is 11.6 Å². The number of hydrazine groups is 1. The number of carbonyl (C=O) groups excluding carboxylic acids is 1. The van der Waals surface area contributed by atoms with E-state index in [2.05, 4.69) is 0 Å². The fraction of sp³-hybridized carbons (Fsp3) is 0.875. The number of hydrogen-bond donors (Lipinski definition) is 2. The molecular formula is C8H15F3N2O2. The largest absolute Gasteiger partial charge is 0.443 e. The van der Waals surface area contributed by atoms with E-state index in [4.69, 9.17) is 4.74 Å². The molecule has 0 saturated heterocycles. The molecule has 0 bridgehead atoms. The van der Waals surface area contributed by atoms with Gasteiger partial charge in [0.15, 0.2) is 0 Å². The third kappa shape index (κ3) is 7.01. The van der Waals surface area contributed by atoms with Gasteiger partial charge in [0.25, 0.3) is 0 Å². The van der Waals surface area contributed by atoms with E-state index in [1.165, 1.54) is 0 Å². The molecule has 7 heteroatoms. The molecule has 0 aromatic carbocycles. The van der Waals surface area contributed by atoms with Gasteiger partial charge in [-0.25, -0.2) is 10.2 Å². The molecular weight excluding hydrogens is 213 g/mol. The molecule has 0 aromatic rings. The first kappa shape index (κ1) is 14.0. The molecule has 1 amide bonds. The van der Waals surface area contributed by atoms with Crippen LogP contribution in [0, 0.1) is 0 Å². The fourth-order valence-electron chi connectivity index (χ4n) is 0.553. The van der Waals surface area contributed by atoms with E-state index in [1.807, 2.05) is 5.43 Å². The number of ether oxygens (including phenoxy) is 1. The van der Waals surface area contributed by atoms with Crippen LogP contribution in [0.2, 0.25) is 0 Å². The third-order valence-corrected chi connectivity index (χ3v) is 1.28. The van der Waals surface area contributed by atoms with Crippen molar-refractivity contribution in [1.29, 1.82) is 0 Å². The summed E-state index contributed by atoms with van der Waals surface area (Å²) in [5.41, 5.74) is 2.87. The van der Waals surface area contributed by atoms with Gasteiger partial charge < -0.3 is 4.74 Å². The molecule has 0 fully saturated rings. The Morgan fingerprint density at radius 3 is 2.07 bits per heavy atom. The van der Waals surface area contributed by atoms with E-state index in [9.17, 15) is 18.0 Å². The summed E-state index contributed by atoms with van der Waals surface area (Å²) in [5.74, 6) is 0. The van der Waals surface area contributed by atoms with E-state index < -0.39 is 23.9 Å². The van der Waals surface area contributed by atoms with E-state index in [1.54, 1.807) is 26.2 Å². The summed E-state index contributed by atoms with van der Waals surface area (Å²) in [6.07, 6.45) is -5.35. The molecule has 0 radical (unpaired) electrons. The van der Waals surface area contributed by atoms with Crippen LogP contribution in [0.1, 0.15) is 27.7 Å². The molecule has 2 N–H and O–H groups in total. The van der Waals surface area contributed by atoms with Crippen molar-refractivity contribution >= 4 is 6.09 Å². The van der Waals surface area contributed by atoms with E-state index >= 15 is 0 Å². The average Bonchev–Trinajstić information content (AvgIpc) is 1.94. The van der Waals surface area contributed by atoms with Crippen molar-refractivity contribution in [2.45, 2.75) is 45.5 Å². The first-order chi connectivity index (χ1) is 6.52. The fourth-order valence-corrected chi connectivity index (χ4v) is 0.553. The van der Waals surface area contributed by atoms with Gasteiger partial charge in [-0.1, -0.05) is 0 Å². The van der Waals surface area contributed by atoms with Gasteiger partial charge in [0, 0.05) is 0 Å². The number of hydrogen-bond acceptors (Lipinski definition) is 3. The highest BCUT2D eigenvalue weighted by atomic mass is 19.4. The number of nitrogens with one attached hydrogen (secondary N) is 2. The molecule has 0 aliphatic rings. The number of amides is 1. The number of alkyl halides is 3. The van der Waals surface area contributed by atoms with Crippen molar-refractivity contribution in [3.05, 3.63) is 0 Å². The molecule has 1 atom stereocenters. The lowest BCUT2D eigenvalue weighted by Crippen LogP contribution is -2.50. The second-order valence-corrected chi connectivity index (χ2v) is 4.03. The summed E-state index contributed by atoms with van der Waals surface area (Å²) >= 11 is 0. The number of rotatable bonds is 2. The minimum atomic E-state index is -4.41. The highest BCUT2D eigenvalue weighted by Gasteiger charge is 2.36. The van der Waals surface area contributed by atoms with Crippen molar-refractivity contribution in [3.63, 3.8) is 0 Å². The summed E-state index contributed by atoms with van der Waals surface area (Å²) in [5, 5.41) is 0. The van der Waals surface area contributed by atoms with E-state index in [0.717, 1.165) is 6.92 Å². The lowest BCUT2D eigenvalue weighted by Gasteiger charge is -2.22. The minimum Gasteiger partial charge on any atom is -0.443 e. The average molecular weight is 228 g/mol. The molecule has 0 spiro atoms. The number of carbonyl (C=O) groups is 1. The SMILES string of the molecule is CC(NNC(=O)OC(C)(C)C)C(F)(F)F. The smallest absolute Gasteiger partial charge is 0.422 e. The highest BCUT2D eigenvalue weighted by molar-refractivity contribution is 5.67. The van der Waals surface area contributed by atoms with Gasteiger partial charge in [-0.05, 0) is 27.7 Å². The van der Waals surface area contributed by atoms with Crippen molar-refractivity contribution in [1.82, 2.24) is 10.9 Å². The van der Waals surface area contributed by atoms with Gasteiger partial charge in [-0.15, -0.1) is 0 Å². The van der Waals surface area contributed by atoms with Crippen molar-refractivity contribution in [2.75, 3.05) is 0 Å². The van der Waals surface area contributed by atoms with Crippen LogP contribution in [-0.4, -0.2) is 23.9 Å². The summed E-state index contributed by atoms with van der Waals surface area (Å²) < 4.78 is 40.7. The Balaban J connectivity index is 3.92. The number of halogens is 3. The monoisotopic (exact) mass is 228 g/mol. The molecule has 4 nitrogen and oxygen atoms in total. The Hall–Kier alpha value is -0.980. The summed E-state index contributed by atoms with van der Waals surface area (Å²) in [6.45, 7) is 5.72. The first-order valence-electron chi connectivity index (χ1n) is 4.33. The highest BCUT2D eigenvalue weighted by Crippen LogP contribution is 2.18. The van der Waals surface area contributed by atoms with Gasteiger partial charge in [-0.3, -0.25) is 5.43 Å². The molecule has 1 unspecified atom stereocenters. The van der Waals surface area contributed by atoms with E-state index in [-0.39, 0.29) is 0 Å². The van der Waals surface area contributed by atoms with Gasteiger partial charge in [0.2, 0.25) is 0 Å². The molecule has 0 saturated carbocycles. The summed E-state index contributed by atoms with van der Waals surface area (Å²) in [7, 11) is 0. The lowest BCUT2D eigenvalue weighted by atomic mass is 10.2. The standard InChI is InChI=1S/C8H15F3N2O2/c1-5(8(9,10)11)12-13-6(14)15-7(2,3)4/h5,12H,1-4H3,(H,13,14). The molecule has 0 heterocycles. The Kier molecular flexibility index (Phi) is 4.39. The molecule has 15 heavy (non-hydrogen) atoms. The summed E-state index contributed by atoms with van der Waals surface area (Å²) in [6, 6.07) is -1.83. The molecule has 0 aliphatic heterocycles. The maximum atomic E-state index is 12.0. The van der Waals surface area contributed by atoms with Crippen LogP contribution in [0.5, 0.6) is 0 Å². The molecule has 0 aromatic heterocycles. The Morgan fingerprint density at radius 2 is 1.73 bits per heavy atom. The normalized spacial score (nSPS) is 14.6. The van der Waals surface area contributed by atoms with E-state index in [0.29, 0.717) is 0 Å². The molecule has 0 rings (SSSR count). The minimum absolute atomic E-state index is 0.743. The molecule has 0 aliphatic carbocycles. The third-order valence-electron chi connectivity index (χ3n) is 1.28. The van der Waals surface area contributed by atoms with Gasteiger partial charge in [-0.2, -0.15) is 13.2 Å². The van der Waals surface area contributed by atoms with Gasteiger partial charge in [0.05, 0.1) is 0 Å². The summed E-state index contributed by atoms with van der Waals surface area (Å²) in [4.78, 5) is 10.9. The zero-order valence-electron chi connectivity index (χ0n) is 9.03. The second-order valence-electron chi connectivity index (χ2n) is 4.03. The first-order valence-corrected chi connectivity index (χ1v) is 4.33. The predicted octanol–water partition coefficient (Wildman–Crippen LogP) is 1.97. The topological polar surface area (TPSA) is 50.4 Å². The second kappa shape index (κ2) is 4.69. The van der Waals surface area contributed by atoms with Crippen LogP contribution in [0.3, 0.4) is 0 Å². The zero-order valence-corrected chi connectivity index (χ0v) is 9.03. The Bertz CT molecular complexity index is 223. The van der Waals surface area contributed by atoms with Crippen LogP contribution in [0.25, 0.3) is 0 Å². The maximum Gasteiger partial charge on any atom is 0.422 e. The van der Waals surface area contributed by atoms with Crippen LogP contribution < -0.4 is 10.9 Å². The quantitative estimate of drug-likeness (QED) is 0.710. The zero-order chi connectivity index (χ0) is 12.3. The van der Waals surface area contributed by atoms with Crippen molar-refractivity contribution < 1.29 is 22.7 Å². The Morgan fingerprint density at radius 1 is 1.27 bits per heavy atom. The van der Waals surface area contributed by atoms with Crippen LogP contribution in [0.15, 0.2) is 0 Å².